The molecule has 1 rings (SSSR count). The van der Waals surface area contributed by atoms with Crippen molar-refractivity contribution in [2.24, 2.45) is 4.99 Å². The standard InChI is InChI=1S/C17H34N4O4S/c1-8-18-14(19-12-17(5,6)26(7,23)24)21-10-9-13(11-21)20-15(22)25-16(2,3)4/h13H,8-12H2,1-7H3,(H,18,19)(H,20,22)/t13-/m1/s1. The van der Waals surface area contributed by atoms with E-state index in [0.717, 1.165) is 13.0 Å². The Labute approximate surface area is 157 Å². The second-order valence-electron chi connectivity index (χ2n) is 8.28. The molecule has 1 saturated heterocycles. The maximum Gasteiger partial charge on any atom is 0.407 e. The molecule has 0 aromatic heterocycles. The lowest BCUT2D eigenvalue weighted by Crippen LogP contribution is -2.45. The summed E-state index contributed by atoms with van der Waals surface area (Å²) >= 11 is 0. The zero-order chi connectivity index (χ0) is 20.2. The molecule has 8 nitrogen and oxygen atoms in total. The van der Waals surface area contributed by atoms with Gasteiger partial charge in [0.1, 0.15) is 5.60 Å². The van der Waals surface area contributed by atoms with Gasteiger partial charge in [0.2, 0.25) is 0 Å². The van der Waals surface area contributed by atoms with Gasteiger partial charge < -0.3 is 20.3 Å². The molecule has 1 heterocycles. The van der Waals surface area contributed by atoms with Crippen LogP contribution in [-0.2, 0) is 14.6 Å². The molecule has 0 unspecified atom stereocenters. The van der Waals surface area contributed by atoms with Crippen LogP contribution in [-0.4, -0.2) is 74.2 Å². The van der Waals surface area contributed by atoms with Crippen molar-refractivity contribution in [3.63, 3.8) is 0 Å². The average molecular weight is 391 g/mol. The van der Waals surface area contributed by atoms with E-state index in [1.807, 2.05) is 32.6 Å². The van der Waals surface area contributed by atoms with Crippen molar-refractivity contribution in [3.8, 4) is 0 Å². The van der Waals surface area contributed by atoms with E-state index in [1.165, 1.54) is 6.26 Å². The first-order valence-electron chi connectivity index (χ1n) is 8.97. The number of amides is 1. The van der Waals surface area contributed by atoms with E-state index in [-0.39, 0.29) is 12.6 Å². The molecule has 0 bridgehead atoms. The monoisotopic (exact) mass is 390 g/mol. The van der Waals surface area contributed by atoms with E-state index in [0.29, 0.717) is 19.0 Å². The van der Waals surface area contributed by atoms with Crippen molar-refractivity contribution in [2.45, 2.75) is 64.4 Å². The molecule has 0 aromatic carbocycles. The molecule has 1 aliphatic heterocycles. The van der Waals surface area contributed by atoms with Gasteiger partial charge in [-0.15, -0.1) is 0 Å². The maximum absolute atomic E-state index is 11.9. The number of carbonyl (C=O) groups excluding carboxylic acids is 1. The van der Waals surface area contributed by atoms with Gasteiger partial charge in [0.05, 0.1) is 17.3 Å². The highest BCUT2D eigenvalue weighted by atomic mass is 32.2. The van der Waals surface area contributed by atoms with Crippen LogP contribution in [0.15, 0.2) is 4.99 Å². The summed E-state index contributed by atoms with van der Waals surface area (Å²) in [4.78, 5) is 18.5. The number of guanidine groups is 1. The first-order chi connectivity index (χ1) is 11.7. The van der Waals surface area contributed by atoms with Crippen LogP contribution in [0.4, 0.5) is 4.79 Å². The normalized spacial score (nSPS) is 19.4. The van der Waals surface area contributed by atoms with Gasteiger partial charge in [-0.3, -0.25) is 4.99 Å². The van der Waals surface area contributed by atoms with Crippen LogP contribution in [0.1, 0.15) is 48.0 Å². The fourth-order valence-corrected chi connectivity index (χ4v) is 2.65. The molecule has 1 fully saturated rings. The molecule has 2 N–H and O–H groups in total. The topological polar surface area (TPSA) is 100 Å². The Kier molecular flexibility index (Phi) is 7.33. The average Bonchev–Trinajstić information content (AvgIpc) is 2.88. The van der Waals surface area contributed by atoms with Crippen LogP contribution in [0.5, 0.6) is 0 Å². The second-order valence-corrected chi connectivity index (χ2v) is 10.9. The molecule has 0 spiro atoms. The smallest absolute Gasteiger partial charge is 0.407 e. The van der Waals surface area contributed by atoms with Gasteiger partial charge in [0.15, 0.2) is 15.8 Å². The fourth-order valence-electron chi connectivity index (χ4n) is 2.35. The summed E-state index contributed by atoms with van der Waals surface area (Å²) in [6, 6.07) is -0.0309. The molecule has 1 amide bonds. The van der Waals surface area contributed by atoms with E-state index in [2.05, 4.69) is 15.6 Å². The fraction of sp³-hybridized carbons (Fsp3) is 0.882. The summed E-state index contributed by atoms with van der Waals surface area (Å²) < 4.78 is 28.1. The molecule has 1 atom stereocenters. The van der Waals surface area contributed by atoms with E-state index in [1.54, 1.807) is 13.8 Å². The minimum atomic E-state index is -3.21. The summed E-state index contributed by atoms with van der Waals surface area (Å²) in [6.07, 6.45) is 1.58. The molecule has 152 valence electrons. The molecule has 0 aliphatic carbocycles. The highest BCUT2D eigenvalue weighted by molar-refractivity contribution is 7.92. The molecular formula is C17H34N4O4S. The number of ether oxygens (including phenoxy) is 1. The Balaban J connectivity index is 2.72. The molecule has 9 heteroatoms. The molecule has 0 saturated carbocycles. The van der Waals surface area contributed by atoms with Crippen LogP contribution in [0.3, 0.4) is 0 Å². The number of sulfone groups is 1. The van der Waals surface area contributed by atoms with Crippen LogP contribution < -0.4 is 10.6 Å². The van der Waals surface area contributed by atoms with E-state index < -0.39 is 26.3 Å². The van der Waals surface area contributed by atoms with Crippen molar-refractivity contribution < 1.29 is 17.9 Å². The lowest BCUT2D eigenvalue weighted by atomic mass is 10.2. The van der Waals surface area contributed by atoms with Crippen LogP contribution in [0, 0.1) is 0 Å². The molecule has 0 aromatic rings. The highest BCUT2D eigenvalue weighted by Gasteiger charge is 2.32. The van der Waals surface area contributed by atoms with Crippen LogP contribution >= 0.6 is 0 Å². The number of hydrogen-bond donors (Lipinski definition) is 2. The van der Waals surface area contributed by atoms with Crippen molar-refractivity contribution in [3.05, 3.63) is 0 Å². The summed E-state index contributed by atoms with van der Waals surface area (Å²) in [6.45, 7) is 13.0. The number of alkyl carbamates (subject to hydrolysis) is 1. The zero-order valence-electron chi connectivity index (χ0n) is 17.0. The van der Waals surface area contributed by atoms with Crippen LogP contribution in [0.25, 0.3) is 0 Å². The van der Waals surface area contributed by atoms with Gasteiger partial charge in [-0.25, -0.2) is 13.2 Å². The Bertz CT molecular complexity index is 623. The Morgan fingerprint density at radius 3 is 2.38 bits per heavy atom. The van der Waals surface area contributed by atoms with Crippen molar-refractivity contribution in [1.29, 1.82) is 0 Å². The molecule has 1 aliphatic rings. The van der Waals surface area contributed by atoms with Gasteiger partial charge >= 0.3 is 6.09 Å². The second kappa shape index (κ2) is 8.45. The van der Waals surface area contributed by atoms with Gasteiger partial charge in [-0.2, -0.15) is 0 Å². The third-order valence-electron chi connectivity index (χ3n) is 4.16. The lowest BCUT2D eigenvalue weighted by Gasteiger charge is -2.25. The number of hydrogen-bond acceptors (Lipinski definition) is 5. The quantitative estimate of drug-likeness (QED) is 0.543. The zero-order valence-corrected chi connectivity index (χ0v) is 17.9. The maximum atomic E-state index is 11.9. The van der Waals surface area contributed by atoms with E-state index in [9.17, 15) is 13.2 Å². The van der Waals surface area contributed by atoms with Crippen LogP contribution in [0.2, 0.25) is 0 Å². The SMILES string of the molecule is CCNC(=NCC(C)(C)S(C)(=O)=O)N1CC[C@@H](NC(=O)OC(C)(C)C)C1. The summed E-state index contributed by atoms with van der Waals surface area (Å²) in [5, 5.41) is 6.08. The first-order valence-corrected chi connectivity index (χ1v) is 10.9. The number of nitrogens with zero attached hydrogens (tertiary/aromatic N) is 2. The van der Waals surface area contributed by atoms with Gasteiger partial charge in [0, 0.05) is 25.9 Å². The minimum Gasteiger partial charge on any atom is -0.444 e. The number of carbonyl (C=O) groups is 1. The summed E-state index contributed by atoms with van der Waals surface area (Å²) in [5.41, 5.74) is -0.532. The van der Waals surface area contributed by atoms with Gasteiger partial charge in [-0.05, 0) is 48.0 Å². The van der Waals surface area contributed by atoms with Gasteiger partial charge in [0.25, 0.3) is 0 Å². The molecule has 0 radical (unpaired) electrons. The Morgan fingerprint density at radius 2 is 1.88 bits per heavy atom. The number of likely N-dealkylation sites (tertiary alicyclic amines) is 1. The third kappa shape index (κ3) is 7.01. The third-order valence-corrected chi connectivity index (χ3v) is 6.29. The number of nitrogens with one attached hydrogen (secondary N) is 2. The van der Waals surface area contributed by atoms with Gasteiger partial charge in [-0.1, -0.05) is 0 Å². The Morgan fingerprint density at radius 1 is 1.27 bits per heavy atom. The first kappa shape index (κ1) is 22.5. The highest BCUT2D eigenvalue weighted by Crippen LogP contribution is 2.17. The summed E-state index contributed by atoms with van der Waals surface area (Å²) in [7, 11) is -3.21. The lowest BCUT2D eigenvalue weighted by molar-refractivity contribution is 0.0507. The molecular weight excluding hydrogens is 356 g/mol. The van der Waals surface area contributed by atoms with E-state index in [4.69, 9.17) is 4.74 Å². The Hall–Kier alpha value is -1.51. The predicted octanol–water partition coefficient (Wildman–Crippen LogP) is 1.37. The van der Waals surface area contributed by atoms with Crippen molar-refractivity contribution in [1.82, 2.24) is 15.5 Å². The molecule has 26 heavy (non-hydrogen) atoms. The number of aliphatic imine (C=N–C) groups is 1. The predicted molar refractivity (Wildman–Crippen MR) is 104 cm³/mol. The summed E-state index contributed by atoms with van der Waals surface area (Å²) in [5.74, 6) is 0.665. The number of rotatable bonds is 5. The van der Waals surface area contributed by atoms with Crippen molar-refractivity contribution in [2.75, 3.05) is 32.4 Å². The van der Waals surface area contributed by atoms with Crippen molar-refractivity contribution >= 4 is 21.9 Å². The largest absolute Gasteiger partial charge is 0.444 e. The van der Waals surface area contributed by atoms with E-state index >= 15 is 0 Å². The minimum absolute atomic E-state index is 0.0309.